The van der Waals surface area contributed by atoms with Crippen molar-refractivity contribution in [1.29, 1.82) is 0 Å². The van der Waals surface area contributed by atoms with Crippen molar-refractivity contribution < 1.29 is 13.2 Å². The van der Waals surface area contributed by atoms with Crippen molar-refractivity contribution >= 4 is 15.9 Å². The molecule has 0 saturated heterocycles. The summed E-state index contributed by atoms with van der Waals surface area (Å²) in [7, 11) is -3.57. The predicted octanol–water partition coefficient (Wildman–Crippen LogP) is 1.18. The van der Waals surface area contributed by atoms with Gasteiger partial charge in [-0.15, -0.1) is 0 Å². The zero-order valence-electron chi connectivity index (χ0n) is 13.7. The standard InChI is InChI=1S/C16H25N3O3S/c1-3-19(4-2)23(21,22)14-7-5-6-13(10-14)16(20)18-15(11-17)12-8-9-12/h5-7,10,12,15H,3-4,8-9,11,17H2,1-2H3,(H,18,20). The summed E-state index contributed by atoms with van der Waals surface area (Å²) in [6.45, 7) is 4.77. The van der Waals surface area contributed by atoms with Crippen LogP contribution in [0, 0.1) is 5.92 Å². The summed E-state index contributed by atoms with van der Waals surface area (Å²) in [6, 6.07) is 6.14. The van der Waals surface area contributed by atoms with E-state index in [9.17, 15) is 13.2 Å². The molecule has 0 radical (unpaired) electrons. The van der Waals surface area contributed by atoms with Gasteiger partial charge in [0.1, 0.15) is 0 Å². The summed E-state index contributed by atoms with van der Waals surface area (Å²) in [5, 5.41) is 2.91. The van der Waals surface area contributed by atoms with E-state index in [-0.39, 0.29) is 16.8 Å². The first kappa shape index (κ1) is 17.9. The summed E-state index contributed by atoms with van der Waals surface area (Å²) in [4.78, 5) is 12.5. The lowest BCUT2D eigenvalue weighted by atomic mass is 10.1. The molecule has 1 atom stereocenters. The highest BCUT2D eigenvalue weighted by atomic mass is 32.2. The number of nitrogens with one attached hydrogen (secondary N) is 1. The number of nitrogens with zero attached hydrogens (tertiary/aromatic N) is 1. The van der Waals surface area contributed by atoms with Gasteiger partial charge in [0.05, 0.1) is 4.90 Å². The number of rotatable bonds is 8. The molecule has 0 aromatic heterocycles. The van der Waals surface area contributed by atoms with Crippen molar-refractivity contribution in [1.82, 2.24) is 9.62 Å². The molecule has 0 spiro atoms. The minimum absolute atomic E-state index is 0.0365. The van der Waals surface area contributed by atoms with Crippen LogP contribution in [0.5, 0.6) is 0 Å². The van der Waals surface area contributed by atoms with Crippen LogP contribution in [0.4, 0.5) is 0 Å². The summed E-state index contributed by atoms with van der Waals surface area (Å²) in [6.07, 6.45) is 2.16. The van der Waals surface area contributed by atoms with Crippen LogP contribution >= 0.6 is 0 Å². The topological polar surface area (TPSA) is 92.5 Å². The molecule has 7 heteroatoms. The highest BCUT2D eigenvalue weighted by Crippen LogP contribution is 2.32. The van der Waals surface area contributed by atoms with Crippen LogP contribution in [0.3, 0.4) is 0 Å². The highest BCUT2D eigenvalue weighted by molar-refractivity contribution is 7.89. The Bertz CT molecular complexity index is 652. The van der Waals surface area contributed by atoms with Crippen molar-refractivity contribution in [2.75, 3.05) is 19.6 Å². The first-order valence-corrected chi connectivity index (χ1v) is 9.49. The number of carbonyl (C=O) groups excluding carboxylic acids is 1. The molecule has 3 N–H and O–H groups in total. The average Bonchev–Trinajstić information content (AvgIpc) is 3.38. The van der Waals surface area contributed by atoms with Gasteiger partial charge in [-0.2, -0.15) is 4.31 Å². The Balaban J connectivity index is 2.20. The average molecular weight is 339 g/mol. The second-order valence-electron chi connectivity index (χ2n) is 5.77. The Morgan fingerprint density at radius 1 is 1.35 bits per heavy atom. The zero-order valence-corrected chi connectivity index (χ0v) is 14.5. The van der Waals surface area contributed by atoms with Crippen molar-refractivity contribution in [2.24, 2.45) is 11.7 Å². The van der Waals surface area contributed by atoms with Gasteiger partial charge in [-0.25, -0.2) is 8.42 Å². The van der Waals surface area contributed by atoms with Crippen LogP contribution in [-0.4, -0.2) is 44.3 Å². The van der Waals surface area contributed by atoms with Gasteiger partial charge in [-0.1, -0.05) is 19.9 Å². The van der Waals surface area contributed by atoms with Crippen LogP contribution in [0.15, 0.2) is 29.2 Å². The molecule has 128 valence electrons. The minimum Gasteiger partial charge on any atom is -0.348 e. The largest absolute Gasteiger partial charge is 0.348 e. The van der Waals surface area contributed by atoms with Crippen molar-refractivity contribution in [3.8, 4) is 0 Å². The molecule has 0 bridgehead atoms. The predicted molar refractivity (Wildman–Crippen MR) is 89.6 cm³/mol. The molecule has 1 aromatic carbocycles. The Hall–Kier alpha value is -1.44. The lowest BCUT2D eigenvalue weighted by Gasteiger charge is -2.19. The lowest BCUT2D eigenvalue weighted by Crippen LogP contribution is -2.41. The number of benzene rings is 1. The summed E-state index contributed by atoms with van der Waals surface area (Å²) in [5.74, 6) is 0.176. The van der Waals surface area contributed by atoms with Crippen LogP contribution in [0.2, 0.25) is 0 Å². The summed E-state index contributed by atoms with van der Waals surface area (Å²) >= 11 is 0. The maximum atomic E-state index is 12.5. The van der Waals surface area contributed by atoms with E-state index in [1.165, 1.54) is 16.4 Å². The minimum atomic E-state index is -3.57. The van der Waals surface area contributed by atoms with Gasteiger partial charge in [0.2, 0.25) is 10.0 Å². The normalized spacial score (nSPS) is 16.3. The Morgan fingerprint density at radius 2 is 2.00 bits per heavy atom. The van der Waals surface area contributed by atoms with Gasteiger partial charge in [0, 0.05) is 31.2 Å². The molecular weight excluding hydrogens is 314 g/mol. The van der Waals surface area contributed by atoms with E-state index in [1.54, 1.807) is 26.0 Å². The molecule has 1 fully saturated rings. The van der Waals surface area contributed by atoms with E-state index >= 15 is 0 Å². The molecule has 6 nitrogen and oxygen atoms in total. The van der Waals surface area contributed by atoms with E-state index in [1.807, 2.05) is 0 Å². The van der Waals surface area contributed by atoms with Crippen LogP contribution in [0.1, 0.15) is 37.0 Å². The molecule has 1 aliphatic carbocycles. The number of hydrogen-bond acceptors (Lipinski definition) is 4. The van der Waals surface area contributed by atoms with E-state index < -0.39 is 10.0 Å². The fourth-order valence-electron chi connectivity index (χ4n) is 2.63. The quantitative estimate of drug-likeness (QED) is 0.744. The first-order valence-electron chi connectivity index (χ1n) is 8.05. The van der Waals surface area contributed by atoms with Gasteiger partial charge in [-0.3, -0.25) is 4.79 Å². The third-order valence-corrected chi connectivity index (χ3v) is 6.25. The van der Waals surface area contributed by atoms with Crippen LogP contribution in [-0.2, 0) is 10.0 Å². The maximum Gasteiger partial charge on any atom is 0.251 e. The van der Waals surface area contributed by atoms with Crippen LogP contribution in [0.25, 0.3) is 0 Å². The van der Waals surface area contributed by atoms with E-state index in [0.717, 1.165) is 12.8 Å². The number of sulfonamides is 1. The maximum absolute atomic E-state index is 12.5. The molecule has 0 aliphatic heterocycles. The number of amides is 1. The summed E-state index contributed by atoms with van der Waals surface area (Å²) in [5.41, 5.74) is 6.04. The van der Waals surface area contributed by atoms with E-state index in [0.29, 0.717) is 31.1 Å². The molecule has 0 heterocycles. The van der Waals surface area contributed by atoms with E-state index in [2.05, 4.69) is 5.32 Å². The third-order valence-electron chi connectivity index (χ3n) is 4.20. The first-order chi connectivity index (χ1) is 10.9. The lowest BCUT2D eigenvalue weighted by molar-refractivity contribution is 0.0933. The molecule has 1 saturated carbocycles. The Labute approximate surface area is 138 Å². The van der Waals surface area contributed by atoms with Gasteiger partial charge in [0.15, 0.2) is 0 Å². The Kier molecular flexibility index (Phi) is 5.78. The molecule has 2 rings (SSSR count). The zero-order chi connectivity index (χ0) is 17.0. The van der Waals surface area contributed by atoms with Crippen LogP contribution < -0.4 is 11.1 Å². The van der Waals surface area contributed by atoms with Gasteiger partial charge in [-0.05, 0) is 37.0 Å². The van der Waals surface area contributed by atoms with Gasteiger partial charge < -0.3 is 11.1 Å². The molecule has 1 unspecified atom stereocenters. The highest BCUT2D eigenvalue weighted by Gasteiger charge is 2.31. The van der Waals surface area contributed by atoms with Crippen molar-refractivity contribution in [3.05, 3.63) is 29.8 Å². The monoisotopic (exact) mass is 339 g/mol. The smallest absolute Gasteiger partial charge is 0.251 e. The fourth-order valence-corrected chi connectivity index (χ4v) is 4.13. The molecule has 1 aliphatic rings. The van der Waals surface area contributed by atoms with Gasteiger partial charge >= 0.3 is 0 Å². The van der Waals surface area contributed by atoms with Crippen molar-refractivity contribution in [2.45, 2.75) is 37.6 Å². The number of hydrogen-bond donors (Lipinski definition) is 2. The molecule has 23 heavy (non-hydrogen) atoms. The second-order valence-corrected chi connectivity index (χ2v) is 7.71. The van der Waals surface area contributed by atoms with Gasteiger partial charge in [0.25, 0.3) is 5.91 Å². The summed E-state index contributed by atoms with van der Waals surface area (Å²) < 4.78 is 26.5. The molecule has 1 aromatic rings. The van der Waals surface area contributed by atoms with Crippen molar-refractivity contribution in [3.63, 3.8) is 0 Å². The molecule has 1 amide bonds. The fraction of sp³-hybridized carbons (Fsp3) is 0.562. The molecular formula is C16H25N3O3S. The third kappa shape index (κ3) is 4.10. The second kappa shape index (κ2) is 7.42. The number of nitrogens with two attached hydrogens (primary N) is 1. The SMILES string of the molecule is CCN(CC)S(=O)(=O)c1cccc(C(=O)NC(CN)C2CC2)c1. The number of carbonyl (C=O) groups is 1. The van der Waals surface area contributed by atoms with E-state index in [4.69, 9.17) is 5.73 Å². The Morgan fingerprint density at radius 3 is 2.52 bits per heavy atom.